The van der Waals surface area contributed by atoms with Crippen LogP contribution in [0.1, 0.15) is 20.3 Å². The minimum atomic E-state index is -0.662. The standard InChI is InChI=1S/C8H15N3O3/c1-8(2,4-12)9-7(14)5-3-6(13)11-10-5/h5,10,12H,3-4H2,1-2H3,(H,9,14)(H,11,13). The second-order valence-electron chi connectivity index (χ2n) is 3.98. The highest BCUT2D eigenvalue weighted by molar-refractivity contribution is 5.91. The van der Waals surface area contributed by atoms with Gasteiger partial charge in [0.05, 0.1) is 18.6 Å². The van der Waals surface area contributed by atoms with Crippen molar-refractivity contribution in [3.05, 3.63) is 0 Å². The first-order chi connectivity index (χ1) is 6.44. The maximum absolute atomic E-state index is 11.5. The lowest BCUT2D eigenvalue weighted by Gasteiger charge is -2.24. The predicted octanol–water partition coefficient (Wildman–Crippen LogP) is -1.73. The number of hydrogen-bond donors (Lipinski definition) is 4. The molecule has 1 saturated heterocycles. The molecule has 1 unspecified atom stereocenters. The van der Waals surface area contributed by atoms with Gasteiger partial charge in [-0.05, 0) is 13.8 Å². The van der Waals surface area contributed by atoms with Gasteiger partial charge < -0.3 is 10.4 Å². The van der Waals surface area contributed by atoms with Crippen molar-refractivity contribution in [3.8, 4) is 0 Å². The van der Waals surface area contributed by atoms with Gasteiger partial charge in [-0.3, -0.25) is 15.0 Å². The molecule has 1 atom stereocenters. The van der Waals surface area contributed by atoms with E-state index in [-0.39, 0.29) is 24.8 Å². The lowest BCUT2D eigenvalue weighted by atomic mass is 10.1. The Morgan fingerprint density at radius 1 is 1.71 bits per heavy atom. The minimum Gasteiger partial charge on any atom is -0.394 e. The molecule has 0 spiro atoms. The van der Waals surface area contributed by atoms with Crippen molar-refractivity contribution in [2.45, 2.75) is 31.8 Å². The van der Waals surface area contributed by atoms with Crippen LogP contribution in [0.3, 0.4) is 0 Å². The van der Waals surface area contributed by atoms with E-state index in [4.69, 9.17) is 5.11 Å². The summed E-state index contributed by atoms with van der Waals surface area (Å²) < 4.78 is 0. The fourth-order valence-corrected chi connectivity index (χ4v) is 1.07. The van der Waals surface area contributed by atoms with Crippen molar-refractivity contribution in [3.63, 3.8) is 0 Å². The quantitative estimate of drug-likeness (QED) is 0.436. The van der Waals surface area contributed by atoms with Gasteiger partial charge in [0.2, 0.25) is 11.8 Å². The zero-order chi connectivity index (χ0) is 10.8. The number of aliphatic hydroxyl groups excluding tert-OH is 1. The van der Waals surface area contributed by atoms with Gasteiger partial charge in [-0.2, -0.15) is 0 Å². The molecule has 1 aliphatic rings. The van der Waals surface area contributed by atoms with Crippen LogP contribution >= 0.6 is 0 Å². The van der Waals surface area contributed by atoms with Crippen molar-refractivity contribution >= 4 is 11.8 Å². The molecular formula is C8H15N3O3. The van der Waals surface area contributed by atoms with E-state index in [9.17, 15) is 9.59 Å². The maximum Gasteiger partial charge on any atom is 0.239 e. The number of aliphatic hydroxyl groups is 1. The summed E-state index contributed by atoms with van der Waals surface area (Å²) in [5, 5.41) is 11.5. The maximum atomic E-state index is 11.5. The molecule has 14 heavy (non-hydrogen) atoms. The van der Waals surface area contributed by atoms with Gasteiger partial charge in [-0.1, -0.05) is 0 Å². The number of rotatable bonds is 3. The monoisotopic (exact) mass is 201 g/mol. The fourth-order valence-electron chi connectivity index (χ4n) is 1.07. The van der Waals surface area contributed by atoms with Gasteiger partial charge in [-0.15, -0.1) is 0 Å². The first kappa shape index (κ1) is 10.9. The van der Waals surface area contributed by atoms with Crippen molar-refractivity contribution in [1.29, 1.82) is 0 Å². The highest BCUT2D eigenvalue weighted by atomic mass is 16.3. The molecule has 1 heterocycles. The third-order valence-electron chi connectivity index (χ3n) is 1.95. The van der Waals surface area contributed by atoms with E-state index >= 15 is 0 Å². The Bertz CT molecular complexity index is 252. The molecule has 1 rings (SSSR count). The largest absolute Gasteiger partial charge is 0.394 e. The normalized spacial score (nSPS) is 21.9. The van der Waals surface area contributed by atoms with E-state index in [1.54, 1.807) is 13.8 Å². The predicted molar refractivity (Wildman–Crippen MR) is 49.0 cm³/mol. The molecule has 0 saturated carbocycles. The topological polar surface area (TPSA) is 90.5 Å². The molecule has 2 amide bonds. The Morgan fingerprint density at radius 3 is 2.79 bits per heavy atom. The van der Waals surface area contributed by atoms with Crippen LogP contribution in [0.4, 0.5) is 0 Å². The van der Waals surface area contributed by atoms with Crippen molar-refractivity contribution < 1.29 is 14.7 Å². The van der Waals surface area contributed by atoms with Gasteiger partial charge in [0.1, 0.15) is 6.04 Å². The third kappa shape index (κ3) is 2.68. The summed E-state index contributed by atoms with van der Waals surface area (Å²) in [5.41, 5.74) is 4.24. The number of carbonyl (C=O) groups excluding carboxylic acids is 2. The third-order valence-corrected chi connectivity index (χ3v) is 1.95. The second kappa shape index (κ2) is 3.93. The van der Waals surface area contributed by atoms with Gasteiger partial charge in [-0.25, -0.2) is 5.43 Å². The van der Waals surface area contributed by atoms with E-state index in [1.807, 2.05) is 0 Å². The summed E-state index contributed by atoms with van der Waals surface area (Å²) in [4.78, 5) is 22.3. The molecule has 0 bridgehead atoms. The highest BCUT2D eigenvalue weighted by Gasteiger charge is 2.30. The van der Waals surface area contributed by atoms with E-state index in [1.165, 1.54) is 0 Å². The van der Waals surface area contributed by atoms with E-state index in [0.717, 1.165) is 0 Å². The lowest BCUT2D eigenvalue weighted by molar-refractivity contribution is -0.126. The fraction of sp³-hybridized carbons (Fsp3) is 0.750. The number of carbonyl (C=O) groups is 2. The Hall–Kier alpha value is -1.14. The summed E-state index contributed by atoms with van der Waals surface area (Å²) in [6, 6.07) is -0.548. The second-order valence-corrected chi connectivity index (χ2v) is 3.98. The SMILES string of the molecule is CC(C)(CO)NC(=O)C1CC(=O)NN1. The molecular weight excluding hydrogens is 186 g/mol. The van der Waals surface area contributed by atoms with Gasteiger partial charge in [0.25, 0.3) is 0 Å². The zero-order valence-corrected chi connectivity index (χ0v) is 8.26. The van der Waals surface area contributed by atoms with Crippen LogP contribution in [0.5, 0.6) is 0 Å². The van der Waals surface area contributed by atoms with E-state index in [2.05, 4.69) is 16.2 Å². The average molecular weight is 201 g/mol. The molecule has 1 fully saturated rings. The average Bonchev–Trinajstić information content (AvgIpc) is 2.51. The molecule has 6 nitrogen and oxygen atoms in total. The lowest BCUT2D eigenvalue weighted by Crippen LogP contribution is -2.53. The first-order valence-corrected chi connectivity index (χ1v) is 4.42. The molecule has 1 aliphatic heterocycles. The van der Waals surface area contributed by atoms with Gasteiger partial charge in [0.15, 0.2) is 0 Å². The number of hydrazine groups is 1. The van der Waals surface area contributed by atoms with Crippen molar-refractivity contribution in [1.82, 2.24) is 16.2 Å². The first-order valence-electron chi connectivity index (χ1n) is 4.42. The van der Waals surface area contributed by atoms with Crippen LogP contribution in [0, 0.1) is 0 Å². The number of amides is 2. The van der Waals surface area contributed by atoms with Gasteiger partial charge >= 0.3 is 0 Å². The van der Waals surface area contributed by atoms with E-state index < -0.39 is 11.6 Å². The van der Waals surface area contributed by atoms with Crippen LogP contribution in [-0.4, -0.2) is 35.1 Å². The summed E-state index contributed by atoms with van der Waals surface area (Å²) >= 11 is 0. The molecule has 0 radical (unpaired) electrons. The molecule has 0 aromatic rings. The Kier molecular flexibility index (Phi) is 3.07. The number of nitrogens with one attached hydrogen (secondary N) is 3. The van der Waals surface area contributed by atoms with Gasteiger partial charge in [0, 0.05) is 0 Å². The van der Waals surface area contributed by atoms with Crippen molar-refractivity contribution in [2.75, 3.05) is 6.61 Å². The van der Waals surface area contributed by atoms with Crippen LogP contribution in [0.15, 0.2) is 0 Å². The van der Waals surface area contributed by atoms with Crippen LogP contribution in [0.2, 0.25) is 0 Å². The zero-order valence-electron chi connectivity index (χ0n) is 8.26. The number of hydrogen-bond acceptors (Lipinski definition) is 4. The molecule has 0 aromatic carbocycles. The summed E-state index contributed by atoms with van der Waals surface area (Å²) in [6.45, 7) is 3.26. The summed E-state index contributed by atoms with van der Waals surface area (Å²) in [5.74, 6) is -0.491. The molecule has 0 aromatic heterocycles. The molecule has 6 heteroatoms. The summed E-state index contributed by atoms with van der Waals surface area (Å²) in [6.07, 6.45) is 0.132. The van der Waals surface area contributed by atoms with Crippen LogP contribution in [-0.2, 0) is 9.59 Å². The van der Waals surface area contributed by atoms with Crippen molar-refractivity contribution in [2.24, 2.45) is 0 Å². The van der Waals surface area contributed by atoms with Crippen LogP contribution in [0.25, 0.3) is 0 Å². The Labute approximate surface area is 82.0 Å². The smallest absolute Gasteiger partial charge is 0.239 e. The van der Waals surface area contributed by atoms with E-state index in [0.29, 0.717) is 0 Å². The minimum absolute atomic E-state index is 0.132. The molecule has 0 aliphatic carbocycles. The Morgan fingerprint density at radius 2 is 2.36 bits per heavy atom. The molecule has 80 valence electrons. The highest BCUT2D eigenvalue weighted by Crippen LogP contribution is 2.03. The Balaban J connectivity index is 2.46. The van der Waals surface area contributed by atoms with Crippen LogP contribution < -0.4 is 16.2 Å². The molecule has 4 N–H and O–H groups in total. The summed E-state index contributed by atoms with van der Waals surface area (Å²) in [7, 11) is 0.